The molecule has 0 aliphatic carbocycles. The number of rotatable bonds is 9. The maximum Gasteiger partial charge on any atom is 0.285 e. The number of amides is 1. The molecule has 0 fully saturated rings. The van der Waals surface area contributed by atoms with E-state index in [-0.39, 0.29) is 17.6 Å². The number of ether oxygens (including phenoxy) is 3. The van der Waals surface area contributed by atoms with E-state index in [2.05, 4.69) is 20.8 Å². The van der Waals surface area contributed by atoms with Crippen LogP contribution in [0.15, 0.2) is 54.9 Å². The highest BCUT2D eigenvalue weighted by Crippen LogP contribution is 2.26. The van der Waals surface area contributed by atoms with Gasteiger partial charge in [-0.25, -0.2) is 10.4 Å². The number of hydrogen-bond acceptors (Lipinski definition) is 7. The summed E-state index contributed by atoms with van der Waals surface area (Å²) in [6.07, 6.45) is 3.04. The highest BCUT2D eigenvalue weighted by Gasteiger charge is 2.13. The van der Waals surface area contributed by atoms with E-state index in [1.54, 1.807) is 26.5 Å². The molecule has 2 aromatic carbocycles. The Labute approximate surface area is 181 Å². The van der Waals surface area contributed by atoms with Crippen LogP contribution >= 0.6 is 0 Å². The van der Waals surface area contributed by atoms with Gasteiger partial charge in [0.15, 0.2) is 0 Å². The SMILES string of the molecule is CCOc1ccc(-c2cncc(C(=O)NN[C@@H](C)c3cc(OC)cc(OC)c3)n2)cc1. The minimum atomic E-state index is -0.387. The molecule has 31 heavy (non-hydrogen) atoms. The van der Waals surface area contributed by atoms with Crippen LogP contribution in [-0.2, 0) is 0 Å². The second-order valence-corrected chi connectivity index (χ2v) is 6.71. The minimum absolute atomic E-state index is 0.199. The molecule has 0 aliphatic heterocycles. The van der Waals surface area contributed by atoms with Crippen molar-refractivity contribution >= 4 is 5.91 Å². The molecule has 0 saturated heterocycles. The monoisotopic (exact) mass is 422 g/mol. The maximum absolute atomic E-state index is 12.6. The highest BCUT2D eigenvalue weighted by molar-refractivity contribution is 5.92. The van der Waals surface area contributed by atoms with Crippen molar-refractivity contribution in [3.05, 3.63) is 66.1 Å². The molecule has 8 heteroatoms. The van der Waals surface area contributed by atoms with E-state index in [9.17, 15) is 4.79 Å². The topological polar surface area (TPSA) is 94.6 Å². The van der Waals surface area contributed by atoms with Gasteiger partial charge in [0, 0.05) is 17.7 Å². The molecule has 8 nitrogen and oxygen atoms in total. The highest BCUT2D eigenvalue weighted by atomic mass is 16.5. The van der Waals surface area contributed by atoms with Crippen LogP contribution in [0.25, 0.3) is 11.3 Å². The van der Waals surface area contributed by atoms with Crippen molar-refractivity contribution in [3.8, 4) is 28.5 Å². The van der Waals surface area contributed by atoms with Crippen LogP contribution in [0.5, 0.6) is 17.2 Å². The molecule has 0 spiro atoms. The van der Waals surface area contributed by atoms with Crippen LogP contribution in [0, 0.1) is 0 Å². The molecule has 0 aliphatic rings. The molecule has 1 atom stereocenters. The van der Waals surface area contributed by atoms with Crippen molar-refractivity contribution in [2.75, 3.05) is 20.8 Å². The first kappa shape index (κ1) is 22.0. The number of nitrogens with zero attached hydrogens (tertiary/aromatic N) is 2. The summed E-state index contributed by atoms with van der Waals surface area (Å²) in [5.41, 5.74) is 8.21. The summed E-state index contributed by atoms with van der Waals surface area (Å²) in [6, 6.07) is 12.8. The summed E-state index contributed by atoms with van der Waals surface area (Å²) in [6.45, 7) is 4.44. The van der Waals surface area contributed by atoms with Gasteiger partial charge >= 0.3 is 0 Å². The second kappa shape index (κ2) is 10.4. The van der Waals surface area contributed by atoms with Gasteiger partial charge in [-0.05, 0) is 55.8 Å². The predicted molar refractivity (Wildman–Crippen MR) is 117 cm³/mol. The van der Waals surface area contributed by atoms with Crippen molar-refractivity contribution in [1.29, 1.82) is 0 Å². The summed E-state index contributed by atoms with van der Waals surface area (Å²) in [4.78, 5) is 21.2. The molecule has 2 N–H and O–H groups in total. The number of methoxy groups -OCH3 is 2. The van der Waals surface area contributed by atoms with E-state index in [0.717, 1.165) is 16.9 Å². The molecule has 0 bridgehead atoms. The molecule has 1 aromatic heterocycles. The number of carbonyl (C=O) groups excluding carboxylic acids is 1. The fourth-order valence-corrected chi connectivity index (χ4v) is 2.90. The van der Waals surface area contributed by atoms with E-state index >= 15 is 0 Å². The van der Waals surface area contributed by atoms with Crippen LogP contribution in [0.3, 0.4) is 0 Å². The van der Waals surface area contributed by atoms with Gasteiger partial charge in [-0.2, -0.15) is 0 Å². The fourth-order valence-electron chi connectivity index (χ4n) is 2.90. The number of hydrogen-bond donors (Lipinski definition) is 2. The van der Waals surface area contributed by atoms with E-state index in [4.69, 9.17) is 14.2 Å². The lowest BCUT2D eigenvalue weighted by Gasteiger charge is -2.17. The summed E-state index contributed by atoms with van der Waals surface area (Å²) >= 11 is 0. The largest absolute Gasteiger partial charge is 0.497 e. The number of hydrazine groups is 1. The van der Waals surface area contributed by atoms with Crippen molar-refractivity contribution < 1.29 is 19.0 Å². The van der Waals surface area contributed by atoms with E-state index < -0.39 is 0 Å². The number of nitrogens with one attached hydrogen (secondary N) is 2. The first-order valence-corrected chi connectivity index (χ1v) is 9.88. The minimum Gasteiger partial charge on any atom is -0.497 e. The average Bonchev–Trinajstić information content (AvgIpc) is 2.82. The Balaban J connectivity index is 1.68. The third-order valence-electron chi connectivity index (χ3n) is 4.60. The van der Waals surface area contributed by atoms with Crippen molar-refractivity contribution in [1.82, 2.24) is 20.8 Å². The van der Waals surface area contributed by atoms with E-state index in [1.165, 1.54) is 6.20 Å². The Morgan fingerprint density at radius 2 is 1.68 bits per heavy atom. The summed E-state index contributed by atoms with van der Waals surface area (Å²) in [5, 5.41) is 0. The normalized spacial score (nSPS) is 11.5. The Hall–Kier alpha value is -3.65. The first-order chi connectivity index (χ1) is 15.0. The first-order valence-electron chi connectivity index (χ1n) is 9.88. The molecule has 0 saturated carbocycles. The van der Waals surface area contributed by atoms with Gasteiger partial charge in [0.2, 0.25) is 0 Å². The van der Waals surface area contributed by atoms with Gasteiger partial charge in [-0.3, -0.25) is 15.2 Å². The van der Waals surface area contributed by atoms with Gasteiger partial charge in [-0.1, -0.05) is 0 Å². The quantitative estimate of drug-likeness (QED) is 0.509. The Bertz CT molecular complexity index is 1000. The van der Waals surface area contributed by atoms with Crippen LogP contribution in [0.4, 0.5) is 0 Å². The molecule has 1 heterocycles. The summed E-state index contributed by atoms with van der Waals surface area (Å²) < 4.78 is 16.0. The van der Waals surface area contributed by atoms with Crippen LogP contribution in [0.1, 0.15) is 35.9 Å². The molecule has 162 valence electrons. The van der Waals surface area contributed by atoms with Crippen LogP contribution < -0.4 is 25.1 Å². The van der Waals surface area contributed by atoms with Gasteiger partial charge in [0.05, 0.1) is 38.9 Å². The molecule has 1 amide bonds. The van der Waals surface area contributed by atoms with Crippen molar-refractivity contribution in [3.63, 3.8) is 0 Å². The Kier molecular flexibility index (Phi) is 7.40. The zero-order chi connectivity index (χ0) is 22.2. The Morgan fingerprint density at radius 1 is 1.00 bits per heavy atom. The molecule has 3 aromatic rings. The lowest BCUT2D eigenvalue weighted by Crippen LogP contribution is -2.39. The smallest absolute Gasteiger partial charge is 0.285 e. The standard InChI is InChI=1S/C23H26N4O4/c1-5-31-18-8-6-16(7-9-18)21-13-24-14-22(25-21)23(28)27-26-15(2)17-10-19(29-3)12-20(11-17)30-4/h6-15,26H,5H2,1-4H3,(H,27,28)/t15-/m0/s1. The van der Waals surface area contributed by atoms with Gasteiger partial charge < -0.3 is 14.2 Å². The maximum atomic E-state index is 12.6. The number of aromatic nitrogens is 2. The lowest BCUT2D eigenvalue weighted by molar-refractivity contribution is 0.0921. The zero-order valence-corrected chi connectivity index (χ0v) is 18.0. The van der Waals surface area contributed by atoms with Gasteiger partial charge in [0.25, 0.3) is 5.91 Å². The Morgan fingerprint density at radius 3 is 2.29 bits per heavy atom. The van der Waals surface area contributed by atoms with E-state index in [0.29, 0.717) is 23.8 Å². The fraction of sp³-hybridized carbons (Fsp3) is 0.261. The molecular formula is C23H26N4O4. The molecular weight excluding hydrogens is 396 g/mol. The zero-order valence-electron chi connectivity index (χ0n) is 18.0. The van der Waals surface area contributed by atoms with E-state index in [1.807, 2.05) is 50.2 Å². The second-order valence-electron chi connectivity index (χ2n) is 6.71. The van der Waals surface area contributed by atoms with Crippen LogP contribution in [-0.4, -0.2) is 36.7 Å². The summed E-state index contributed by atoms with van der Waals surface area (Å²) in [7, 11) is 3.18. The van der Waals surface area contributed by atoms with Gasteiger partial charge in [-0.15, -0.1) is 0 Å². The molecule has 0 unspecified atom stereocenters. The van der Waals surface area contributed by atoms with Crippen molar-refractivity contribution in [2.45, 2.75) is 19.9 Å². The third kappa shape index (κ3) is 5.70. The van der Waals surface area contributed by atoms with Crippen molar-refractivity contribution in [2.24, 2.45) is 0 Å². The number of benzene rings is 2. The van der Waals surface area contributed by atoms with Crippen LogP contribution in [0.2, 0.25) is 0 Å². The number of carbonyl (C=O) groups is 1. The third-order valence-corrected chi connectivity index (χ3v) is 4.60. The molecule has 0 radical (unpaired) electrons. The molecule has 3 rings (SSSR count). The average molecular weight is 422 g/mol. The van der Waals surface area contributed by atoms with Gasteiger partial charge in [0.1, 0.15) is 22.9 Å². The predicted octanol–water partition coefficient (Wildman–Crippen LogP) is 3.56. The lowest BCUT2D eigenvalue weighted by atomic mass is 10.1. The summed E-state index contributed by atoms with van der Waals surface area (Å²) in [5.74, 6) is 1.73.